The van der Waals surface area contributed by atoms with Gasteiger partial charge in [-0.3, -0.25) is 0 Å². The van der Waals surface area contributed by atoms with Crippen LogP contribution in [0.3, 0.4) is 0 Å². The van der Waals surface area contributed by atoms with E-state index in [0.717, 1.165) is 28.2 Å². The van der Waals surface area contributed by atoms with Crippen molar-refractivity contribution in [2.24, 2.45) is 0 Å². The van der Waals surface area contributed by atoms with E-state index in [2.05, 4.69) is 289 Å². The van der Waals surface area contributed by atoms with Crippen LogP contribution in [0, 0.1) is 0 Å². The Balaban J connectivity index is 0.981. The summed E-state index contributed by atoms with van der Waals surface area (Å²) in [5.74, 6) is 0. The fourth-order valence-electron chi connectivity index (χ4n) is 14.8. The van der Waals surface area contributed by atoms with Crippen LogP contribution in [0.2, 0.25) is 0 Å². The van der Waals surface area contributed by atoms with E-state index in [-0.39, 0.29) is 0 Å². The van der Waals surface area contributed by atoms with E-state index in [0.29, 0.717) is 0 Å². The van der Waals surface area contributed by atoms with Crippen molar-refractivity contribution in [2.45, 2.75) is 10.8 Å². The SMILES string of the molecule is c1ccc(-c2cccc(-c3ccccc3N(c3ccc4c(c3)C3(c5ccccc5-c5ccccc53)c3ccccc3-4)c3cccc4c3-c3ccccc3C43c4ccccc4-n4c5ccccc5c5cccc3c54)c2)cc1. The van der Waals surface area contributed by atoms with E-state index in [1.165, 1.54) is 117 Å². The second-order valence-electron chi connectivity index (χ2n) is 21.0. The molecule has 12 aromatic carbocycles. The Morgan fingerprint density at radius 1 is 0.276 bits per heavy atom. The molecule has 1 aliphatic heterocycles. The molecule has 0 saturated carbocycles. The normalized spacial score (nSPS) is 15.3. The molecule has 0 radical (unpaired) electrons. The maximum Gasteiger partial charge on any atom is 0.0755 e. The third-order valence-corrected chi connectivity index (χ3v) is 17.6. The van der Waals surface area contributed by atoms with Gasteiger partial charge < -0.3 is 9.47 Å². The van der Waals surface area contributed by atoms with Crippen LogP contribution in [0.15, 0.2) is 279 Å². The number of nitrogens with zero attached hydrogens (tertiary/aromatic N) is 2. The molecule has 0 bridgehead atoms. The summed E-state index contributed by atoms with van der Waals surface area (Å²) in [5, 5.41) is 2.55. The fourth-order valence-corrected chi connectivity index (χ4v) is 14.8. The monoisotopic (exact) mass is 962 g/mol. The number of hydrogen-bond donors (Lipinski definition) is 0. The minimum absolute atomic E-state index is 0.511. The quantitative estimate of drug-likeness (QED) is 0.167. The van der Waals surface area contributed by atoms with Gasteiger partial charge in [-0.2, -0.15) is 0 Å². The Hall–Kier alpha value is -9.76. The van der Waals surface area contributed by atoms with Crippen molar-refractivity contribution in [3.8, 4) is 61.3 Å². The van der Waals surface area contributed by atoms with Crippen molar-refractivity contribution in [3.63, 3.8) is 0 Å². The minimum atomic E-state index is -0.613. The number of para-hydroxylation sites is 4. The van der Waals surface area contributed by atoms with Crippen LogP contribution >= 0.6 is 0 Å². The molecular formula is C74H46N2. The van der Waals surface area contributed by atoms with Gasteiger partial charge in [0.15, 0.2) is 0 Å². The van der Waals surface area contributed by atoms with E-state index < -0.39 is 10.8 Å². The Morgan fingerprint density at radius 3 is 1.51 bits per heavy atom. The number of benzene rings is 12. The number of aromatic nitrogens is 1. The summed E-state index contributed by atoms with van der Waals surface area (Å²) >= 11 is 0. The molecule has 13 aromatic rings. The van der Waals surface area contributed by atoms with E-state index in [1.807, 2.05) is 0 Å². The highest BCUT2D eigenvalue weighted by atomic mass is 15.1. The molecule has 2 heterocycles. The average molecular weight is 963 g/mol. The van der Waals surface area contributed by atoms with Crippen molar-refractivity contribution >= 4 is 38.9 Å². The zero-order valence-electron chi connectivity index (χ0n) is 41.5. The molecule has 1 atom stereocenters. The van der Waals surface area contributed by atoms with Crippen molar-refractivity contribution in [3.05, 3.63) is 324 Å². The summed E-state index contributed by atoms with van der Waals surface area (Å²) in [6.45, 7) is 0. The van der Waals surface area contributed by atoms with Gasteiger partial charge in [-0.05, 0) is 131 Å². The van der Waals surface area contributed by atoms with Gasteiger partial charge >= 0.3 is 0 Å². The van der Waals surface area contributed by atoms with Crippen LogP contribution in [0.5, 0.6) is 0 Å². The number of fused-ring (bicyclic) bond motifs is 22. The maximum absolute atomic E-state index is 2.61. The Morgan fingerprint density at radius 2 is 0.763 bits per heavy atom. The molecule has 352 valence electrons. The summed E-state index contributed by atoms with van der Waals surface area (Å²) in [5.41, 5.74) is 28.9. The highest BCUT2D eigenvalue weighted by molar-refractivity contribution is 6.13. The molecule has 2 heteroatoms. The first-order valence-corrected chi connectivity index (χ1v) is 26.6. The second-order valence-corrected chi connectivity index (χ2v) is 21.0. The summed E-state index contributed by atoms with van der Waals surface area (Å²) in [7, 11) is 0. The van der Waals surface area contributed by atoms with Gasteiger partial charge in [0.05, 0.1) is 38.9 Å². The largest absolute Gasteiger partial charge is 0.309 e. The molecule has 0 fully saturated rings. The summed E-state index contributed by atoms with van der Waals surface area (Å²) in [6.07, 6.45) is 0. The Bertz CT molecular complexity index is 4550. The van der Waals surface area contributed by atoms with E-state index >= 15 is 0 Å². The molecule has 76 heavy (non-hydrogen) atoms. The van der Waals surface area contributed by atoms with Crippen LogP contribution < -0.4 is 4.90 Å². The average Bonchev–Trinajstić information content (AvgIpc) is 4.39. The van der Waals surface area contributed by atoms with Crippen LogP contribution in [0.25, 0.3) is 83.1 Å². The predicted molar refractivity (Wildman–Crippen MR) is 313 cm³/mol. The molecule has 2 spiro atoms. The van der Waals surface area contributed by atoms with Crippen LogP contribution in [0.1, 0.15) is 44.5 Å². The van der Waals surface area contributed by atoms with Crippen LogP contribution in [-0.4, -0.2) is 4.57 Å². The summed E-state index contributed by atoms with van der Waals surface area (Å²) in [6, 6.07) is 105. The molecule has 1 unspecified atom stereocenters. The molecule has 2 nitrogen and oxygen atoms in total. The third-order valence-electron chi connectivity index (χ3n) is 17.6. The van der Waals surface area contributed by atoms with Crippen LogP contribution in [0.4, 0.5) is 17.1 Å². The topological polar surface area (TPSA) is 8.17 Å². The smallest absolute Gasteiger partial charge is 0.0755 e. The van der Waals surface area contributed by atoms with Gasteiger partial charge in [-0.15, -0.1) is 0 Å². The molecule has 3 aliphatic carbocycles. The van der Waals surface area contributed by atoms with Crippen molar-refractivity contribution in [2.75, 3.05) is 4.90 Å². The molecule has 0 saturated heterocycles. The van der Waals surface area contributed by atoms with Gasteiger partial charge in [0.25, 0.3) is 0 Å². The molecule has 17 rings (SSSR count). The van der Waals surface area contributed by atoms with Crippen LogP contribution in [-0.2, 0) is 10.8 Å². The Kier molecular flexibility index (Phi) is 8.44. The highest BCUT2D eigenvalue weighted by Gasteiger charge is 2.54. The summed E-state index contributed by atoms with van der Waals surface area (Å²) in [4.78, 5) is 2.61. The lowest BCUT2D eigenvalue weighted by atomic mass is 9.65. The van der Waals surface area contributed by atoms with Crippen molar-refractivity contribution in [1.29, 1.82) is 0 Å². The van der Waals surface area contributed by atoms with Gasteiger partial charge in [-0.1, -0.05) is 237 Å². The van der Waals surface area contributed by atoms with Gasteiger partial charge in [0.1, 0.15) is 0 Å². The summed E-state index contributed by atoms with van der Waals surface area (Å²) < 4.78 is 2.54. The maximum atomic E-state index is 2.61. The lowest BCUT2D eigenvalue weighted by Gasteiger charge is -2.39. The third kappa shape index (κ3) is 5.20. The first kappa shape index (κ1) is 41.7. The molecule has 0 amide bonds. The lowest BCUT2D eigenvalue weighted by Crippen LogP contribution is -2.33. The lowest BCUT2D eigenvalue weighted by molar-refractivity contribution is 0.748. The number of hydrogen-bond acceptors (Lipinski definition) is 1. The van der Waals surface area contributed by atoms with Gasteiger partial charge in [-0.25, -0.2) is 0 Å². The second kappa shape index (κ2) is 15.4. The van der Waals surface area contributed by atoms with Crippen molar-refractivity contribution < 1.29 is 0 Å². The zero-order chi connectivity index (χ0) is 49.7. The Labute approximate surface area is 441 Å². The van der Waals surface area contributed by atoms with Gasteiger partial charge in [0.2, 0.25) is 0 Å². The van der Waals surface area contributed by atoms with E-state index in [4.69, 9.17) is 0 Å². The zero-order valence-corrected chi connectivity index (χ0v) is 41.5. The first-order chi connectivity index (χ1) is 37.7. The first-order valence-electron chi connectivity index (χ1n) is 26.6. The number of anilines is 3. The van der Waals surface area contributed by atoms with Gasteiger partial charge in [0, 0.05) is 27.6 Å². The standard InChI is InChI=1S/C74H46N2/c1-2-21-47(22-3-1)48-23-18-24-49(45-48)51-25-8-15-39-67(51)75(50-43-44-55-54-28-6-12-34-61(54)73(66(55)46-50)59-32-10-4-26-52(59)53-27-5-11-33-60(53)73)70-42-20-37-64-71(70)58-30-7-13-35-62(58)74(64)63-36-14-17-41-69(63)76-68-40-16-9-29-56(68)57-31-19-38-65(74)72(57)76/h1-46H. The molecule has 1 aromatic heterocycles. The number of rotatable bonds is 5. The molecular weight excluding hydrogens is 917 g/mol. The molecule has 4 aliphatic rings. The molecule has 0 N–H and O–H groups in total. The van der Waals surface area contributed by atoms with Crippen molar-refractivity contribution in [1.82, 2.24) is 4.57 Å². The minimum Gasteiger partial charge on any atom is -0.309 e. The van der Waals surface area contributed by atoms with E-state index in [9.17, 15) is 0 Å². The van der Waals surface area contributed by atoms with E-state index in [1.54, 1.807) is 0 Å². The fraction of sp³-hybridized carbons (Fsp3) is 0.0270. The highest BCUT2D eigenvalue weighted by Crippen LogP contribution is 2.66. The predicted octanol–water partition coefficient (Wildman–Crippen LogP) is 18.6.